The van der Waals surface area contributed by atoms with Crippen LogP contribution in [-0.2, 0) is 14.3 Å². The minimum Gasteiger partial charge on any atom is -0.466 e. The number of carbonyl (C=O) groups is 2. The molecule has 0 aliphatic carbocycles. The fourth-order valence-corrected chi connectivity index (χ4v) is 3.93. The molecule has 0 unspecified atom stereocenters. The van der Waals surface area contributed by atoms with Crippen LogP contribution < -0.4 is 0 Å². The van der Waals surface area contributed by atoms with Crippen molar-refractivity contribution in [2.24, 2.45) is 4.99 Å². The maximum Gasteiger partial charge on any atom is 0.338 e. The average molecular weight is 361 g/mol. The van der Waals surface area contributed by atoms with Crippen LogP contribution in [0.25, 0.3) is 0 Å². The molecule has 9 heteroatoms. The standard InChI is InChI=1S/C16H15N3O5S/c1-8-12(15(21)24-3)13(10-5-4-6-11(7-10)19(22)23)18-14(20)9(2)25-16(18)17-8/h4-7,9,13H,1-3H3/t9-,13+/m0/s1. The molecule has 2 aliphatic heterocycles. The normalized spacial score (nSPS) is 22.6. The second-order valence-electron chi connectivity index (χ2n) is 5.61. The van der Waals surface area contributed by atoms with Gasteiger partial charge in [-0.25, -0.2) is 9.79 Å². The molecule has 3 rings (SSSR count). The number of aliphatic imine (C=N–C) groups is 1. The number of nitro benzene ring substituents is 1. The number of nitro groups is 1. The molecule has 25 heavy (non-hydrogen) atoms. The number of nitrogens with zero attached hydrogens (tertiary/aromatic N) is 3. The van der Waals surface area contributed by atoms with E-state index in [1.54, 1.807) is 19.9 Å². The number of ether oxygens (including phenoxy) is 1. The van der Waals surface area contributed by atoms with Crippen LogP contribution in [0.2, 0.25) is 0 Å². The van der Waals surface area contributed by atoms with Crippen LogP contribution >= 0.6 is 11.8 Å². The van der Waals surface area contributed by atoms with Crippen LogP contribution in [0.1, 0.15) is 25.5 Å². The van der Waals surface area contributed by atoms with Gasteiger partial charge < -0.3 is 4.74 Å². The van der Waals surface area contributed by atoms with Crippen molar-refractivity contribution in [1.29, 1.82) is 0 Å². The molecule has 0 radical (unpaired) electrons. The number of thioether (sulfide) groups is 1. The van der Waals surface area contributed by atoms with Gasteiger partial charge in [-0.3, -0.25) is 19.8 Å². The Labute approximate surface area is 147 Å². The van der Waals surface area contributed by atoms with Gasteiger partial charge in [-0.2, -0.15) is 0 Å². The number of hydrogen-bond donors (Lipinski definition) is 0. The zero-order chi connectivity index (χ0) is 18.3. The van der Waals surface area contributed by atoms with Gasteiger partial charge in [-0.1, -0.05) is 23.9 Å². The lowest BCUT2D eigenvalue weighted by molar-refractivity contribution is -0.384. The molecule has 1 aromatic rings. The summed E-state index contributed by atoms with van der Waals surface area (Å²) < 4.78 is 4.86. The fraction of sp³-hybridized carbons (Fsp3) is 0.312. The highest BCUT2D eigenvalue weighted by Crippen LogP contribution is 2.43. The highest BCUT2D eigenvalue weighted by Gasteiger charge is 2.46. The lowest BCUT2D eigenvalue weighted by atomic mass is 9.94. The maximum atomic E-state index is 12.6. The first-order valence-corrected chi connectivity index (χ1v) is 8.35. The number of amides is 1. The summed E-state index contributed by atoms with van der Waals surface area (Å²) >= 11 is 1.30. The molecule has 0 aromatic heterocycles. The van der Waals surface area contributed by atoms with Crippen LogP contribution in [0.4, 0.5) is 5.69 Å². The van der Waals surface area contributed by atoms with Crippen molar-refractivity contribution in [3.05, 3.63) is 51.2 Å². The smallest absolute Gasteiger partial charge is 0.338 e. The molecule has 0 spiro atoms. The molecule has 1 saturated heterocycles. The van der Waals surface area contributed by atoms with Crippen LogP contribution in [0, 0.1) is 10.1 Å². The van der Waals surface area contributed by atoms with E-state index in [4.69, 9.17) is 4.74 Å². The van der Waals surface area contributed by atoms with Crippen molar-refractivity contribution < 1.29 is 19.2 Å². The van der Waals surface area contributed by atoms with E-state index >= 15 is 0 Å². The number of benzene rings is 1. The summed E-state index contributed by atoms with van der Waals surface area (Å²) in [4.78, 5) is 41.3. The third-order valence-electron chi connectivity index (χ3n) is 4.06. The van der Waals surface area contributed by atoms with Crippen LogP contribution in [-0.4, -0.2) is 39.2 Å². The monoisotopic (exact) mass is 361 g/mol. The van der Waals surface area contributed by atoms with Gasteiger partial charge in [0.1, 0.15) is 0 Å². The first-order valence-electron chi connectivity index (χ1n) is 7.47. The highest BCUT2D eigenvalue weighted by molar-refractivity contribution is 8.15. The Bertz CT molecular complexity index is 848. The maximum absolute atomic E-state index is 12.6. The third-order valence-corrected chi connectivity index (χ3v) is 5.11. The van der Waals surface area contributed by atoms with Crippen molar-refractivity contribution in [3.63, 3.8) is 0 Å². The van der Waals surface area contributed by atoms with E-state index in [2.05, 4.69) is 4.99 Å². The Balaban J connectivity index is 2.20. The summed E-state index contributed by atoms with van der Waals surface area (Å²) in [7, 11) is 1.25. The second kappa shape index (κ2) is 6.32. The molecule has 2 atom stereocenters. The molecule has 8 nitrogen and oxygen atoms in total. The molecule has 0 bridgehead atoms. The molecule has 1 amide bonds. The quantitative estimate of drug-likeness (QED) is 0.465. The molecular weight excluding hydrogens is 346 g/mol. The van der Waals surface area contributed by atoms with E-state index in [-0.39, 0.29) is 22.4 Å². The van der Waals surface area contributed by atoms with E-state index in [1.165, 1.54) is 42.0 Å². The Morgan fingerprint density at radius 2 is 2.16 bits per heavy atom. The number of allylic oxidation sites excluding steroid dienone is 1. The van der Waals surface area contributed by atoms with Crippen LogP contribution in [0.15, 0.2) is 40.5 Å². The van der Waals surface area contributed by atoms with E-state index in [0.29, 0.717) is 16.4 Å². The number of carbonyl (C=O) groups excluding carboxylic acids is 2. The number of hydrogen-bond acceptors (Lipinski definition) is 7. The number of methoxy groups -OCH3 is 1. The Morgan fingerprint density at radius 1 is 1.44 bits per heavy atom. The molecule has 1 aromatic carbocycles. The average Bonchev–Trinajstić information content (AvgIpc) is 2.87. The summed E-state index contributed by atoms with van der Waals surface area (Å²) in [5.74, 6) is -0.816. The predicted octanol–water partition coefficient (Wildman–Crippen LogP) is 2.42. The lowest BCUT2D eigenvalue weighted by Crippen LogP contribution is -2.40. The van der Waals surface area contributed by atoms with Gasteiger partial charge in [0.2, 0.25) is 5.91 Å². The van der Waals surface area contributed by atoms with Gasteiger partial charge in [0, 0.05) is 12.1 Å². The summed E-state index contributed by atoms with van der Waals surface area (Å²) in [6.07, 6.45) is 0. The second-order valence-corrected chi connectivity index (χ2v) is 6.92. The highest BCUT2D eigenvalue weighted by atomic mass is 32.2. The topological polar surface area (TPSA) is 102 Å². The minimum atomic E-state index is -0.801. The first-order chi connectivity index (χ1) is 11.8. The van der Waals surface area contributed by atoms with Gasteiger partial charge in [-0.15, -0.1) is 0 Å². The van der Waals surface area contributed by atoms with Gasteiger partial charge in [0.25, 0.3) is 5.69 Å². The van der Waals surface area contributed by atoms with Crippen molar-refractivity contribution in [1.82, 2.24) is 4.90 Å². The van der Waals surface area contributed by atoms with Crippen molar-refractivity contribution >= 4 is 34.5 Å². The Morgan fingerprint density at radius 3 is 2.80 bits per heavy atom. The molecule has 2 heterocycles. The lowest BCUT2D eigenvalue weighted by Gasteiger charge is -2.32. The molecule has 0 saturated carbocycles. The van der Waals surface area contributed by atoms with E-state index in [1.807, 2.05) is 0 Å². The van der Waals surface area contributed by atoms with Gasteiger partial charge in [0.05, 0.1) is 34.6 Å². The Kier molecular flexibility index (Phi) is 4.34. The molecule has 0 N–H and O–H groups in total. The SMILES string of the molecule is COC(=O)C1=C(C)N=C2S[C@@H](C)C(=O)N2[C@@H]1c1cccc([N+](=O)[O-])c1. The molecule has 2 aliphatic rings. The number of amidine groups is 1. The summed E-state index contributed by atoms with van der Waals surface area (Å²) in [6, 6.07) is 5.10. The zero-order valence-electron chi connectivity index (χ0n) is 13.8. The van der Waals surface area contributed by atoms with Crippen LogP contribution in [0.5, 0.6) is 0 Å². The minimum absolute atomic E-state index is 0.115. The largest absolute Gasteiger partial charge is 0.466 e. The zero-order valence-corrected chi connectivity index (χ0v) is 14.6. The van der Waals surface area contributed by atoms with Gasteiger partial charge in [0.15, 0.2) is 5.17 Å². The molecular formula is C16H15N3O5S. The fourth-order valence-electron chi connectivity index (χ4n) is 2.90. The number of rotatable bonds is 3. The number of esters is 1. The molecule has 130 valence electrons. The van der Waals surface area contributed by atoms with E-state index < -0.39 is 16.9 Å². The van der Waals surface area contributed by atoms with Crippen molar-refractivity contribution in [2.45, 2.75) is 25.1 Å². The first kappa shape index (κ1) is 17.2. The van der Waals surface area contributed by atoms with E-state index in [0.717, 1.165) is 0 Å². The predicted molar refractivity (Wildman–Crippen MR) is 91.9 cm³/mol. The van der Waals surface area contributed by atoms with Crippen molar-refractivity contribution in [2.75, 3.05) is 7.11 Å². The van der Waals surface area contributed by atoms with E-state index in [9.17, 15) is 19.7 Å². The van der Waals surface area contributed by atoms with Gasteiger partial charge in [-0.05, 0) is 19.4 Å². The summed E-state index contributed by atoms with van der Waals surface area (Å²) in [6.45, 7) is 3.42. The summed E-state index contributed by atoms with van der Waals surface area (Å²) in [5.41, 5.74) is 0.985. The van der Waals surface area contributed by atoms with Crippen LogP contribution in [0.3, 0.4) is 0 Å². The number of fused-ring (bicyclic) bond motifs is 1. The number of non-ortho nitro benzene ring substituents is 1. The third kappa shape index (κ3) is 2.80. The summed E-state index contributed by atoms with van der Waals surface area (Å²) in [5, 5.41) is 11.3. The molecule has 1 fully saturated rings. The Hall–Kier alpha value is -2.68. The van der Waals surface area contributed by atoms with Crippen molar-refractivity contribution in [3.8, 4) is 0 Å². The van der Waals surface area contributed by atoms with Gasteiger partial charge >= 0.3 is 5.97 Å².